The summed E-state index contributed by atoms with van der Waals surface area (Å²) in [5, 5.41) is 4.87. The number of benzene rings is 2. The molecule has 0 spiro atoms. The maximum absolute atomic E-state index is 6.08. The molecule has 1 aliphatic rings. The Morgan fingerprint density at radius 3 is 2.81 bits per heavy atom. The molecule has 1 unspecified atom stereocenters. The lowest BCUT2D eigenvalue weighted by molar-refractivity contribution is 0.420. The van der Waals surface area contributed by atoms with Crippen LogP contribution in [-0.4, -0.2) is 5.16 Å². The first kappa shape index (κ1) is 12.5. The molecule has 0 radical (unpaired) electrons. The monoisotopic (exact) mass is 296 g/mol. The molecule has 4 rings (SSSR count). The van der Waals surface area contributed by atoms with E-state index in [-0.39, 0.29) is 5.92 Å². The molecule has 104 valence electrons. The van der Waals surface area contributed by atoms with Crippen LogP contribution in [0.25, 0.3) is 11.1 Å². The van der Waals surface area contributed by atoms with Gasteiger partial charge in [-0.25, -0.2) is 0 Å². The molecule has 0 amide bonds. The van der Waals surface area contributed by atoms with Crippen LogP contribution in [0.4, 0.5) is 5.88 Å². The van der Waals surface area contributed by atoms with E-state index in [1.807, 2.05) is 30.3 Å². The van der Waals surface area contributed by atoms with E-state index in [0.717, 1.165) is 23.2 Å². The molecule has 21 heavy (non-hydrogen) atoms. The van der Waals surface area contributed by atoms with Crippen LogP contribution in [0, 0.1) is 0 Å². The fourth-order valence-electron chi connectivity index (χ4n) is 2.99. The van der Waals surface area contributed by atoms with Crippen LogP contribution in [0.5, 0.6) is 0 Å². The number of fused-ring (bicyclic) bond motifs is 1. The van der Waals surface area contributed by atoms with Gasteiger partial charge in [0.05, 0.1) is 5.56 Å². The van der Waals surface area contributed by atoms with Crippen molar-refractivity contribution in [3.63, 3.8) is 0 Å². The second-order valence-electron chi connectivity index (χ2n) is 5.27. The molecule has 0 saturated heterocycles. The summed E-state index contributed by atoms with van der Waals surface area (Å²) in [7, 11) is 0. The highest BCUT2D eigenvalue weighted by Gasteiger charge is 2.33. The summed E-state index contributed by atoms with van der Waals surface area (Å²) in [6.45, 7) is 0. The second-order valence-corrected chi connectivity index (χ2v) is 5.71. The maximum atomic E-state index is 6.08. The van der Waals surface area contributed by atoms with Gasteiger partial charge in [0.25, 0.3) is 0 Å². The van der Waals surface area contributed by atoms with E-state index in [0.29, 0.717) is 10.9 Å². The Hall–Kier alpha value is -2.26. The lowest BCUT2D eigenvalue weighted by Gasteiger charge is -2.29. The summed E-state index contributed by atoms with van der Waals surface area (Å²) in [4.78, 5) is 0. The molecule has 2 aromatic carbocycles. The molecule has 0 saturated carbocycles. The quantitative estimate of drug-likeness (QED) is 0.768. The zero-order valence-corrected chi connectivity index (χ0v) is 12.0. The lowest BCUT2D eigenvalue weighted by Crippen LogP contribution is -2.18. The highest BCUT2D eigenvalue weighted by Crippen LogP contribution is 2.44. The predicted octanol–water partition coefficient (Wildman–Crippen LogP) is 4.27. The summed E-state index contributed by atoms with van der Waals surface area (Å²) >= 11 is 6.08. The number of aromatic nitrogens is 1. The lowest BCUT2D eigenvalue weighted by atomic mass is 9.74. The molecule has 1 aliphatic carbocycles. The molecule has 0 fully saturated rings. The van der Waals surface area contributed by atoms with Gasteiger partial charge in [-0.3, -0.25) is 0 Å². The molecule has 2 N–H and O–H groups in total. The van der Waals surface area contributed by atoms with Crippen LogP contribution in [-0.2, 0) is 6.42 Å². The van der Waals surface area contributed by atoms with E-state index in [9.17, 15) is 0 Å². The predicted molar refractivity (Wildman–Crippen MR) is 83.4 cm³/mol. The largest absolute Gasteiger partial charge is 0.367 e. The third-order valence-corrected chi connectivity index (χ3v) is 4.28. The number of nitrogens with zero attached hydrogens (tertiary/aromatic N) is 1. The Labute approximate surface area is 127 Å². The minimum Gasteiger partial charge on any atom is -0.367 e. The summed E-state index contributed by atoms with van der Waals surface area (Å²) in [6.07, 6.45) is 0.968. The van der Waals surface area contributed by atoms with Gasteiger partial charge in [0.15, 0.2) is 0 Å². The fourth-order valence-corrected chi connectivity index (χ4v) is 3.18. The highest BCUT2D eigenvalue weighted by molar-refractivity contribution is 6.30. The Morgan fingerprint density at radius 1 is 1.14 bits per heavy atom. The van der Waals surface area contributed by atoms with Gasteiger partial charge in [-0.1, -0.05) is 53.2 Å². The topological polar surface area (TPSA) is 52.0 Å². The second kappa shape index (κ2) is 4.64. The van der Waals surface area contributed by atoms with Gasteiger partial charge < -0.3 is 10.3 Å². The SMILES string of the molecule is Nc1onc(C2Cc3ccccc32)c1-c1cccc(Cl)c1. The van der Waals surface area contributed by atoms with Crippen molar-refractivity contribution in [2.24, 2.45) is 0 Å². The minimum atomic E-state index is 0.247. The first-order chi connectivity index (χ1) is 10.2. The third kappa shape index (κ3) is 1.93. The Bertz CT molecular complexity index is 825. The van der Waals surface area contributed by atoms with E-state index in [1.54, 1.807) is 0 Å². The highest BCUT2D eigenvalue weighted by atomic mass is 35.5. The molecule has 1 heterocycles. The Kier molecular flexibility index (Phi) is 2.76. The van der Waals surface area contributed by atoms with Crippen molar-refractivity contribution in [3.8, 4) is 11.1 Å². The van der Waals surface area contributed by atoms with Crippen molar-refractivity contribution < 1.29 is 4.52 Å². The van der Waals surface area contributed by atoms with Crippen LogP contribution >= 0.6 is 11.6 Å². The molecule has 3 nitrogen and oxygen atoms in total. The molecular weight excluding hydrogens is 284 g/mol. The average Bonchev–Trinajstić information content (AvgIpc) is 2.82. The van der Waals surface area contributed by atoms with Crippen molar-refractivity contribution >= 4 is 17.5 Å². The van der Waals surface area contributed by atoms with Gasteiger partial charge in [0, 0.05) is 10.9 Å². The number of hydrogen-bond acceptors (Lipinski definition) is 3. The van der Waals surface area contributed by atoms with Crippen LogP contribution in [0.15, 0.2) is 53.1 Å². The van der Waals surface area contributed by atoms with Gasteiger partial charge in [-0.2, -0.15) is 0 Å². The van der Waals surface area contributed by atoms with E-state index in [4.69, 9.17) is 21.9 Å². The van der Waals surface area contributed by atoms with Gasteiger partial charge >= 0.3 is 0 Å². The number of nitrogen functional groups attached to an aromatic ring is 1. The van der Waals surface area contributed by atoms with Crippen LogP contribution in [0.1, 0.15) is 22.7 Å². The average molecular weight is 297 g/mol. The van der Waals surface area contributed by atoms with Gasteiger partial charge in [0.1, 0.15) is 5.69 Å². The van der Waals surface area contributed by atoms with Crippen molar-refractivity contribution in [2.75, 3.05) is 5.73 Å². The fraction of sp³-hybridized carbons (Fsp3) is 0.118. The van der Waals surface area contributed by atoms with Crippen LogP contribution in [0.3, 0.4) is 0 Å². The maximum Gasteiger partial charge on any atom is 0.230 e. The van der Waals surface area contributed by atoms with E-state index in [2.05, 4.69) is 23.4 Å². The first-order valence-electron chi connectivity index (χ1n) is 6.83. The molecule has 0 bridgehead atoms. The van der Waals surface area contributed by atoms with Crippen molar-refractivity contribution in [1.82, 2.24) is 5.16 Å². The van der Waals surface area contributed by atoms with Gasteiger partial charge in [-0.05, 0) is 35.2 Å². The third-order valence-electron chi connectivity index (χ3n) is 4.04. The van der Waals surface area contributed by atoms with Crippen LogP contribution in [0.2, 0.25) is 5.02 Å². The van der Waals surface area contributed by atoms with Gasteiger partial charge in [-0.15, -0.1) is 0 Å². The Morgan fingerprint density at radius 2 is 2.00 bits per heavy atom. The standard InChI is InChI=1S/C17H13ClN2O/c18-12-6-3-5-11(8-12)15-16(20-21-17(15)19)14-9-10-4-1-2-7-13(10)14/h1-8,14H,9,19H2. The first-order valence-corrected chi connectivity index (χ1v) is 7.20. The molecule has 1 aromatic heterocycles. The normalized spacial score (nSPS) is 16.3. The molecule has 3 aromatic rings. The number of nitrogens with two attached hydrogens (primary N) is 1. The van der Waals surface area contributed by atoms with E-state index < -0.39 is 0 Å². The number of anilines is 1. The van der Waals surface area contributed by atoms with Gasteiger partial charge in [0.2, 0.25) is 5.88 Å². The molecular formula is C17H13ClN2O. The van der Waals surface area contributed by atoms with E-state index in [1.165, 1.54) is 11.1 Å². The molecule has 0 aliphatic heterocycles. The van der Waals surface area contributed by atoms with Crippen molar-refractivity contribution in [3.05, 3.63) is 70.4 Å². The number of rotatable bonds is 2. The number of hydrogen-bond donors (Lipinski definition) is 1. The van der Waals surface area contributed by atoms with Crippen LogP contribution < -0.4 is 5.73 Å². The number of halogens is 1. The molecule has 1 atom stereocenters. The minimum absolute atomic E-state index is 0.247. The summed E-state index contributed by atoms with van der Waals surface area (Å²) in [6, 6.07) is 16.0. The summed E-state index contributed by atoms with van der Waals surface area (Å²) in [5.41, 5.74) is 11.4. The zero-order valence-electron chi connectivity index (χ0n) is 11.2. The smallest absolute Gasteiger partial charge is 0.230 e. The van der Waals surface area contributed by atoms with E-state index >= 15 is 0 Å². The summed E-state index contributed by atoms with van der Waals surface area (Å²) in [5.74, 6) is 0.591. The Balaban J connectivity index is 1.83. The van der Waals surface area contributed by atoms with Crippen molar-refractivity contribution in [2.45, 2.75) is 12.3 Å². The van der Waals surface area contributed by atoms with Crippen molar-refractivity contribution in [1.29, 1.82) is 0 Å². The zero-order chi connectivity index (χ0) is 14.4. The molecule has 4 heteroatoms. The summed E-state index contributed by atoms with van der Waals surface area (Å²) < 4.78 is 5.25.